The van der Waals surface area contributed by atoms with Crippen LogP contribution in [0, 0.1) is 10.1 Å². The number of rotatable bonds is 5. The third-order valence-corrected chi connectivity index (χ3v) is 3.37. The van der Waals surface area contributed by atoms with Gasteiger partial charge in [-0.3, -0.25) is 19.9 Å². The summed E-state index contributed by atoms with van der Waals surface area (Å²) in [5.74, 6) is -0.402. The smallest absolute Gasteiger partial charge is 0.294 e. The molecule has 3 rings (SSSR count). The van der Waals surface area contributed by atoms with Crippen LogP contribution in [-0.2, 0) is 6.54 Å². The molecule has 1 N–H and O–H groups in total. The van der Waals surface area contributed by atoms with Crippen molar-refractivity contribution in [2.24, 2.45) is 0 Å². The lowest BCUT2D eigenvalue weighted by Gasteiger charge is -2.07. The van der Waals surface area contributed by atoms with Crippen molar-refractivity contribution in [3.63, 3.8) is 0 Å². The molecule has 0 aliphatic rings. The van der Waals surface area contributed by atoms with Gasteiger partial charge < -0.3 is 9.88 Å². The normalized spacial score (nSPS) is 10.3. The van der Waals surface area contributed by atoms with Crippen LogP contribution in [0.15, 0.2) is 61.3 Å². The Morgan fingerprint density at radius 3 is 2.79 bits per heavy atom. The molecule has 0 atom stereocenters. The number of nitro benzene ring substituents is 1. The number of aromatic nitrogens is 3. The molecule has 0 bridgehead atoms. The second-order valence-electron chi connectivity index (χ2n) is 4.93. The Hall–Kier alpha value is -3.55. The van der Waals surface area contributed by atoms with Crippen LogP contribution < -0.4 is 5.32 Å². The lowest BCUT2D eigenvalue weighted by Crippen LogP contribution is -2.23. The van der Waals surface area contributed by atoms with Crippen LogP contribution in [-0.4, -0.2) is 25.4 Å². The first-order valence-electron chi connectivity index (χ1n) is 7.10. The van der Waals surface area contributed by atoms with Crippen molar-refractivity contribution in [1.82, 2.24) is 19.9 Å². The minimum absolute atomic E-state index is 0.168. The number of imidazole rings is 1. The Morgan fingerprint density at radius 2 is 2.12 bits per heavy atom. The van der Waals surface area contributed by atoms with Gasteiger partial charge in [-0.2, -0.15) is 0 Å². The summed E-state index contributed by atoms with van der Waals surface area (Å²) in [7, 11) is 0. The number of carbonyl (C=O) groups excluding carboxylic acids is 1. The number of nitrogens with one attached hydrogen (secondary N) is 1. The predicted molar refractivity (Wildman–Crippen MR) is 85.6 cm³/mol. The van der Waals surface area contributed by atoms with Crippen molar-refractivity contribution in [2.45, 2.75) is 6.54 Å². The van der Waals surface area contributed by atoms with E-state index >= 15 is 0 Å². The molecule has 0 saturated heterocycles. The zero-order valence-corrected chi connectivity index (χ0v) is 12.5. The summed E-state index contributed by atoms with van der Waals surface area (Å²) in [5.41, 5.74) is 1.09. The molecule has 1 amide bonds. The van der Waals surface area contributed by atoms with E-state index in [-0.39, 0.29) is 17.8 Å². The van der Waals surface area contributed by atoms with E-state index < -0.39 is 10.8 Å². The van der Waals surface area contributed by atoms with Crippen molar-refractivity contribution >= 4 is 11.6 Å². The van der Waals surface area contributed by atoms with Gasteiger partial charge in [0.25, 0.3) is 11.6 Å². The Kier molecular flexibility index (Phi) is 4.28. The maximum atomic E-state index is 12.2. The molecule has 3 aromatic rings. The highest BCUT2D eigenvalue weighted by molar-refractivity contribution is 5.95. The molecule has 8 nitrogen and oxygen atoms in total. The lowest BCUT2D eigenvalue weighted by atomic mass is 10.1. The Labute approximate surface area is 136 Å². The number of hydrogen-bond donors (Lipinski definition) is 1. The predicted octanol–water partition coefficient (Wildman–Crippen LogP) is 2.11. The topological polar surface area (TPSA) is 103 Å². The lowest BCUT2D eigenvalue weighted by molar-refractivity contribution is -0.384. The number of benzene rings is 1. The highest BCUT2D eigenvalue weighted by Crippen LogP contribution is 2.24. The Morgan fingerprint density at radius 1 is 1.25 bits per heavy atom. The van der Waals surface area contributed by atoms with Crippen LogP contribution in [0.1, 0.15) is 16.1 Å². The second kappa shape index (κ2) is 6.69. The first kappa shape index (κ1) is 15.3. The number of hydrogen-bond acceptors (Lipinski definition) is 5. The monoisotopic (exact) mass is 323 g/mol. The molecule has 0 saturated carbocycles. The molecule has 0 aliphatic carbocycles. The van der Waals surface area contributed by atoms with E-state index in [0.717, 1.165) is 0 Å². The van der Waals surface area contributed by atoms with Crippen LogP contribution in [0.25, 0.3) is 5.69 Å². The maximum Gasteiger partial charge on any atom is 0.294 e. The van der Waals surface area contributed by atoms with Gasteiger partial charge in [-0.05, 0) is 24.3 Å². The van der Waals surface area contributed by atoms with Crippen LogP contribution in [0.2, 0.25) is 0 Å². The molecule has 1 aromatic carbocycles. The summed E-state index contributed by atoms with van der Waals surface area (Å²) in [6, 6.07) is 9.70. The fourth-order valence-corrected chi connectivity index (χ4v) is 2.21. The molecule has 0 spiro atoms. The Balaban J connectivity index is 1.82. The fourth-order valence-electron chi connectivity index (χ4n) is 2.21. The molecule has 8 heteroatoms. The molecule has 120 valence electrons. The van der Waals surface area contributed by atoms with E-state index in [1.807, 2.05) is 6.07 Å². The van der Waals surface area contributed by atoms with Crippen LogP contribution in [0.3, 0.4) is 0 Å². The van der Waals surface area contributed by atoms with Gasteiger partial charge in [0, 0.05) is 30.2 Å². The van der Waals surface area contributed by atoms with Crippen LogP contribution in [0.5, 0.6) is 0 Å². The van der Waals surface area contributed by atoms with Crippen molar-refractivity contribution in [3.05, 3.63) is 82.7 Å². The molecular weight excluding hydrogens is 310 g/mol. The Bertz CT molecular complexity index is 863. The first-order chi connectivity index (χ1) is 11.6. The second-order valence-corrected chi connectivity index (χ2v) is 4.93. The van der Waals surface area contributed by atoms with Gasteiger partial charge in [-0.25, -0.2) is 4.98 Å². The fraction of sp³-hybridized carbons (Fsp3) is 0.0625. The van der Waals surface area contributed by atoms with Gasteiger partial charge in [-0.15, -0.1) is 0 Å². The molecule has 0 fully saturated rings. The standard InChI is InChI=1S/C16H13N5O3/c22-16(19-10-13-3-1-2-6-18-13)12-4-5-14(15(9-12)21(23)24)20-8-7-17-11-20/h1-9,11H,10H2,(H,19,22). The molecule has 2 heterocycles. The van der Waals surface area contributed by atoms with E-state index in [1.54, 1.807) is 24.5 Å². The quantitative estimate of drug-likeness (QED) is 0.572. The molecule has 0 aliphatic heterocycles. The van der Waals surface area contributed by atoms with Crippen LogP contribution in [0.4, 0.5) is 5.69 Å². The first-order valence-corrected chi connectivity index (χ1v) is 7.10. The van der Waals surface area contributed by atoms with Gasteiger partial charge in [-0.1, -0.05) is 6.07 Å². The summed E-state index contributed by atoms with van der Waals surface area (Å²) >= 11 is 0. The number of nitrogens with zero attached hydrogens (tertiary/aromatic N) is 4. The molecular formula is C16H13N5O3. The van der Waals surface area contributed by atoms with Crippen molar-refractivity contribution in [3.8, 4) is 5.69 Å². The van der Waals surface area contributed by atoms with Crippen molar-refractivity contribution in [2.75, 3.05) is 0 Å². The molecule has 0 unspecified atom stereocenters. The largest absolute Gasteiger partial charge is 0.346 e. The van der Waals surface area contributed by atoms with E-state index in [1.165, 1.54) is 35.3 Å². The third kappa shape index (κ3) is 3.27. The van der Waals surface area contributed by atoms with Crippen molar-refractivity contribution in [1.29, 1.82) is 0 Å². The van der Waals surface area contributed by atoms with E-state index in [2.05, 4.69) is 15.3 Å². The summed E-state index contributed by atoms with van der Waals surface area (Å²) in [6.45, 7) is 0.247. The number of nitro groups is 1. The summed E-state index contributed by atoms with van der Waals surface area (Å²) < 4.78 is 1.52. The number of pyridine rings is 1. The minimum Gasteiger partial charge on any atom is -0.346 e. The average Bonchev–Trinajstić information content (AvgIpc) is 3.14. The number of carbonyl (C=O) groups is 1. The summed E-state index contributed by atoms with van der Waals surface area (Å²) in [4.78, 5) is 31.0. The minimum atomic E-state index is -0.523. The van der Waals surface area contributed by atoms with Gasteiger partial charge >= 0.3 is 0 Å². The van der Waals surface area contributed by atoms with Gasteiger partial charge in [0.15, 0.2) is 0 Å². The van der Waals surface area contributed by atoms with E-state index in [9.17, 15) is 14.9 Å². The molecule has 0 radical (unpaired) electrons. The highest BCUT2D eigenvalue weighted by Gasteiger charge is 2.18. The molecule has 24 heavy (non-hydrogen) atoms. The van der Waals surface area contributed by atoms with Gasteiger partial charge in [0.05, 0.1) is 23.5 Å². The highest BCUT2D eigenvalue weighted by atomic mass is 16.6. The zero-order valence-electron chi connectivity index (χ0n) is 12.5. The third-order valence-electron chi connectivity index (χ3n) is 3.37. The zero-order chi connectivity index (χ0) is 16.9. The van der Waals surface area contributed by atoms with E-state index in [0.29, 0.717) is 11.4 Å². The van der Waals surface area contributed by atoms with Gasteiger partial charge in [0.1, 0.15) is 5.69 Å². The van der Waals surface area contributed by atoms with Gasteiger partial charge in [0.2, 0.25) is 0 Å². The van der Waals surface area contributed by atoms with E-state index in [4.69, 9.17) is 0 Å². The van der Waals surface area contributed by atoms with Crippen LogP contribution >= 0.6 is 0 Å². The average molecular weight is 323 g/mol. The summed E-state index contributed by atoms with van der Waals surface area (Å²) in [6.07, 6.45) is 6.22. The SMILES string of the molecule is O=C(NCc1ccccn1)c1ccc(-n2ccnc2)c([N+](=O)[O-])c1. The maximum absolute atomic E-state index is 12.2. The number of amides is 1. The summed E-state index contributed by atoms with van der Waals surface area (Å²) in [5, 5.41) is 14.0. The molecule has 2 aromatic heterocycles. The van der Waals surface area contributed by atoms with Crippen molar-refractivity contribution < 1.29 is 9.72 Å².